The molecule has 29 heavy (non-hydrogen) atoms. The van der Waals surface area contributed by atoms with Crippen LogP contribution in [0.3, 0.4) is 0 Å². The normalized spacial score (nSPS) is 42.8. The van der Waals surface area contributed by atoms with Crippen molar-refractivity contribution in [2.45, 2.75) is 72.1 Å². The lowest BCUT2D eigenvalue weighted by molar-refractivity contribution is -0.134. The predicted molar refractivity (Wildman–Crippen MR) is 112 cm³/mol. The highest BCUT2D eigenvalue weighted by Crippen LogP contribution is 2.67. The Labute approximate surface area is 174 Å². The van der Waals surface area contributed by atoms with Crippen LogP contribution in [0.5, 0.6) is 0 Å². The molecule has 0 aromatic carbocycles. The Kier molecular flexibility index (Phi) is 5.19. The second kappa shape index (κ2) is 7.28. The summed E-state index contributed by atoms with van der Waals surface area (Å²) >= 11 is 0. The number of ether oxygens (including phenoxy) is 1. The van der Waals surface area contributed by atoms with Gasteiger partial charge in [-0.25, -0.2) is 4.79 Å². The number of carboxylic acid groups (broad SMARTS) is 1. The van der Waals surface area contributed by atoms with Crippen molar-refractivity contribution in [2.24, 2.45) is 34.5 Å². The summed E-state index contributed by atoms with van der Waals surface area (Å²) in [6.07, 6.45) is 12.6. The molecule has 0 bridgehead atoms. The lowest BCUT2D eigenvalue weighted by atomic mass is 9.46. The number of carbonyl (C=O) groups is 1. The number of hydrogen-bond acceptors (Lipinski definition) is 2. The Bertz CT molecular complexity index is 794. The second-order valence-electron chi connectivity index (χ2n) is 10.2. The largest absolute Gasteiger partial charge is 0.501 e. The number of methoxy groups -OCH3 is 1. The molecular weight excluding hydrogens is 367 g/mol. The molecule has 0 aliphatic heterocycles. The number of halogens is 1. The van der Waals surface area contributed by atoms with Crippen molar-refractivity contribution >= 4 is 5.97 Å². The molecule has 0 aromatic rings. The lowest BCUT2D eigenvalue weighted by Crippen LogP contribution is -2.51. The van der Waals surface area contributed by atoms with Gasteiger partial charge in [0.1, 0.15) is 0 Å². The minimum absolute atomic E-state index is 0.149. The van der Waals surface area contributed by atoms with Crippen LogP contribution in [0, 0.1) is 34.5 Å². The molecule has 0 heterocycles. The highest BCUT2D eigenvalue weighted by atomic mass is 19.1. The second-order valence-corrected chi connectivity index (χ2v) is 10.2. The Hall–Kier alpha value is -1.58. The molecule has 1 N–H and O–H groups in total. The first-order valence-electron chi connectivity index (χ1n) is 11.4. The van der Waals surface area contributed by atoms with E-state index in [1.165, 1.54) is 5.57 Å². The highest BCUT2D eigenvalue weighted by molar-refractivity contribution is 5.85. The van der Waals surface area contributed by atoms with Gasteiger partial charge < -0.3 is 9.84 Å². The SMILES string of the molecule is CCC[C@@H]1C=C2C=C(OC)CC[C@]2(C)[C@H]2CC[C@]3(C)C(=C(F)C(=O)O)CC[C@H]3[C@H]12. The summed E-state index contributed by atoms with van der Waals surface area (Å²) in [6, 6.07) is 0. The van der Waals surface area contributed by atoms with E-state index in [9.17, 15) is 14.3 Å². The summed E-state index contributed by atoms with van der Waals surface area (Å²) < 4.78 is 20.2. The molecule has 0 amide bonds. The van der Waals surface area contributed by atoms with Gasteiger partial charge in [0.15, 0.2) is 0 Å². The molecule has 4 aliphatic carbocycles. The molecular formula is C25H35FO3. The fraction of sp³-hybridized carbons (Fsp3) is 0.720. The van der Waals surface area contributed by atoms with Crippen LogP contribution in [0.25, 0.3) is 0 Å². The van der Waals surface area contributed by atoms with E-state index in [-0.39, 0.29) is 10.8 Å². The van der Waals surface area contributed by atoms with Crippen LogP contribution in [0.1, 0.15) is 72.1 Å². The molecule has 0 radical (unpaired) electrons. The molecule has 0 unspecified atom stereocenters. The number of carboxylic acids is 1. The van der Waals surface area contributed by atoms with Crippen LogP contribution >= 0.6 is 0 Å². The van der Waals surface area contributed by atoms with E-state index >= 15 is 0 Å². The minimum atomic E-state index is -1.39. The van der Waals surface area contributed by atoms with E-state index in [0.717, 1.165) is 50.7 Å². The molecule has 4 heteroatoms. The first-order chi connectivity index (χ1) is 13.8. The summed E-state index contributed by atoms with van der Waals surface area (Å²) in [6.45, 7) is 6.81. The maximum atomic E-state index is 14.6. The van der Waals surface area contributed by atoms with E-state index in [0.29, 0.717) is 35.7 Å². The average molecular weight is 403 g/mol. The smallest absolute Gasteiger partial charge is 0.364 e. The summed E-state index contributed by atoms with van der Waals surface area (Å²) in [4.78, 5) is 11.4. The number of aliphatic carboxylic acids is 1. The fourth-order valence-corrected chi connectivity index (χ4v) is 7.53. The van der Waals surface area contributed by atoms with Gasteiger partial charge in [-0.15, -0.1) is 0 Å². The van der Waals surface area contributed by atoms with Crippen molar-refractivity contribution in [2.75, 3.05) is 7.11 Å². The fourth-order valence-electron chi connectivity index (χ4n) is 7.53. The van der Waals surface area contributed by atoms with Crippen molar-refractivity contribution in [1.29, 1.82) is 0 Å². The first kappa shape index (κ1) is 20.7. The predicted octanol–water partition coefficient (Wildman–Crippen LogP) is 6.42. The Morgan fingerprint density at radius 2 is 1.93 bits per heavy atom. The number of hydrogen-bond donors (Lipinski definition) is 1. The Morgan fingerprint density at radius 3 is 2.59 bits per heavy atom. The molecule has 3 nitrogen and oxygen atoms in total. The summed E-state index contributed by atoms with van der Waals surface area (Å²) in [7, 11) is 1.76. The maximum absolute atomic E-state index is 14.6. The van der Waals surface area contributed by atoms with Gasteiger partial charge in [-0.05, 0) is 90.2 Å². The standard InChI is InChI=1S/C25H35FO3/c1-5-6-15-13-16-14-17(29-4)9-11-24(16,2)19-10-12-25(3)18(21(15)19)7-8-20(25)22(26)23(27)28/h13-15,18-19,21H,5-12H2,1-4H3,(H,27,28)/t15-,18+,19+,21+,24+,25+/m1/s1. The van der Waals surface area contributed by atoms with Gasteiger partial charge in [-0.1, -0.05) is 33.3 Å². The van der Waals surface area contributed by atoms with Crippen LogP contribution in [-0.2, 0) is 9.53 Å². The number of rotatable bonds is 4. The number of allylic oxidation sites excluding steroid dienone is 5. The van der Waals surface area contributed by atoms with Gasteiger partial charge in [0.05, 0.1) is 12.9 Å². The molecule has 2 fully saturated rings. The van der Waals surface area contributed by atoms with Crippen molar-refractivity contribution < 1.29 is 19.0 Å². The van der Waals surface area contributed by atoms with Gasteiger partial charge in [0, 0.05) is 6.42 Å². The zero-order valence-corrected chi connectivity index (χ0v) is 18.3. The van der Waals surface area contributed by atoms with Gasteiger partial charge in [0.25, 0.3) is 0 Å². The van der Waals surface area contributed by atoms with E-state index in [1.807, 2.05) is 0 Å². The molecule has 6 atom stereocenters. The Morgan fingerprint density at radius 1 is 1.21 bits per heavy atom. The molecule has 0 spiro atoms. The third-order valence-electron chi connectivity index (χ3n) is 9.03. The quantitative estimate of drug-likeness (QED) is 0.552. The molecule has 4 rings (SSSR count). The third kappa shape index (κ3) is 3.00. The first-order valence-corrected chi connectivity index (χ1v) is 11.4. The third-order valence-corrected chi connectivity index (χ3v) is 9.03. The molecule has 4 aliphatic rings. The van der Waals surface area contributed by atoms with Crippen LogP contribution in [0.2, 0.25) is 0 Å². The summed E-state index contributed by atoms with van der Waals surface area (Å²) in [5.74, 6) is 0.758. The van der Waals surface area contributed by atoms with Crippen molar-refractivity contribution in [3.63, 3.8) is 0 Å². The Balaban J connectivity index is 1.78. The monoisotopic (exact) mass is 402 g/mol. The zero-order valence-electron chi connectivity index (χ0n) is 18.3. The van der Waals surface area contributed by atoms with E-state index in [1.54, 1.807) is 7.11 Å². The molecule has 160 valence electrons. The summed E-state index contributed by atoms with van der Waals surface area (Å²) in [5.41, 5.74) is 1.86. The van der Waals surface area contributed by atoms with Crippen LogP contribution in [-0.4, -0.2) is 18.2 Å². The molecule has 2 saturated carbocycles. The van der Waals surface area contributed by atoms with Crippen LogP contribution in [0.4, 0.5) is 4.39 Å². The van der Waals surface area contributed by atoms with Crippen molar-refractivity contribution in [3.05, 3.63) is 34.9 Å². The van der Waals surface area contributed by atoms with E-state index < -0.39 is 11.8 Å². The van der Waals surface area contributed by atoms with E-state index in [2.05, 4.69) is 32.9 Å². The van der Waals surface area contributed by atoms with Gasteiger partial charge in [0.2, 0.25) is 5.83 Å². The van der Waals surface area contributed by atoms with Crippen molar-refractivity contribution in [3.8, 4) is 0 Å². The highest BCUT2D eigenvalue weighted by Gasteiger charge is 2.59. The zero-order chi connectivity index (χ0) is 21.0. The van der Waals surface area contributed by atoms with Gasteiger partial charge >= 0.3 is 5.97 Å². The number of fused-ring (bicyclic) bond motifs is 5. The lowest BCUT2D eigenvalue weighted by Gasteiger charge is -2.58. The summed E-state index contributed by atoms with van der Waals surface area (Å²) in [5, 5.41) is 9.30. The van der Waals surface area contributed by atoms with Crippen LogP contribution in [0.15, 0.2) is 34.9 Å². The molecule has 0 saturated heterocycles. The van der Waals surface area contributed by atoms with Gasteiger partial charge in [-0.2, -0.15) is 4.39 Å². The maximum Gasteiger partial charge on any atom is 0.364 e. The average Bonchev–Trinajstić information content (AvgIpc) is 3.04. The van der Waals surface area contributed by atoms with Gasteiger partial charge in [-0.3, -0.25) is 0 Å². The minimum Gasteiger partial charge on any atom is -0.501 e. The van der Waals surface area contributed by atoms with E-state index in [4.69, 9.17) is 4.74 Å². The topological polar surface area (TPSA) is 46.5 Å². The molecule has 0 aromatic heterocycles. The van der Waals surface area contributed by atoms with Crippen LogP contribution < -0.4 is 0 Å². The van der Waals surface area contributed by atoms with Crippen molar-refractivity contribution in [1.82, 2.24) is 0 Å².